The number of hydrogen-bond acceptors (Lipinski definition) is 3. The van der Waals surface area contributed by atoms with Crippen molar-refractivity contribution < 1.29 is 0 Å². The van der Waals surface area contributed by atoms with Crippen LogP contribution in [-0.2, 0) is 13.0 Å². The van der Waals surface area contributed by atoms with Gasteiger partial charge in [-0.25, -0.2) is 4.98 Å². The lowest BCUT2D eigenvalue weighted by atomic mass is 10.1. The van der Waals surface area contributed by atoms with E-state index in [0.29, 0.717) is 4.47 Å². The van der Waals surface area contributed by atoms with Crippen LogP contribution in [0.2, 0.25) is 4.47 Å². The summed E-state index contributed by atoms with van der Waals surface area (Å²) in [6, 6.07) is 8.35. The molecule has 0 fully saturated rings. The summed E-state index contributed by atoms with van der Waals surface area (Å²) in [6.45, 7) is 2.94. The Labute approximate surface area is 104 Å². The van der Waals surface area contributed by atoms with E-state index in [9.17, 15) is 0 Å². The molecule has 4 heteroatoms. The topological polar surface area (TPSA) is 24.9 Å². The molecule has 0 saturated heterocycles. The van der Waals surface area contributed by atoms with Crippen LogP contribution >= 0.6 is 22.9 Å². The molecule has 2 aromatic rings. The van der Waals surface area contributed by atoms with E-state index in [-0.39, 0.29) is 0 Å². The largest absolute Gasteiger partial charge is 0.380 e. The summed E-state index contributed by atoms with van der Waals surface area (Å²) in [4.78, 5) is 5.16. The summed E-state index contributed by atoms with van der Waals surface area (Å²) in [7, 11) is 0. The molecule has 0 radical (unpaired) electrons. The molecule has 0 bridgehead atoms. The van der Waals surface area contributed by atoms with E-state index in [2.05, 4.69) is 35.4 Å². The smallest absolute Gasteiger partial charge is 0.183 e. The molecule has 1 N–H and O–H groups in total. The first kappa shape index (κ1) is 11.4. The van der Waals surface area contributed by atoms with Crippen LogP contribution in [0.4, 0.5) is 5.69 Å². The van der Waals surface area contributed by atoms with Gasteiger partial charge in [0.05, 0.1) is 6.54 Å². The van der Waals surface area contributed by atoms with E-state index in [1.54, 1.807) is 0 Å². The third kappa shape index (κ3) is 2.74. The maximum Gasteiger partial charge on any atom is 0.183 e. The standard InChI is InChI=1S/C12H13ClN2S/c1-2-9-5-3-4-6-11(9)14-7-10-8-15-12(13)16-10/h3-6,8,14H,2,7H2,1H3. The zero-order valence-corrected chi connectivity index (χ0v) is 10.6. The van der Waals surface area contributed by atoms with Gasteiger partial charge in [0.2, 0.25) is 0 Å². The predicted octanol–water partition coefficient (Wildman–Crippen LogP) is 3.97. The molecular formula is C12H13ClN2S. The molecule has 0 spiro atoms. The number of para-hydroxylation sites is 1. The van der Waals surface area contributed by atoms with E-state index >= 15 is 0 Å². The highest BCUT2D eigenvalue weighted by Gasteiger charge is 2.01. The van der Waals surface area contributed by atoms with Gasteiger partial charge in [-0.05, 0) is 18.1 Å². The van der Waals surface area contributed by atoms with Gasteiger partial charge >= 0.3 is 0 Å². The lowest BCUT2D eigenvalue weighted by Gasteiger charge is -2.09. The van der Waals surface area contributed by atoms with Crippen LogP contribution in [0.3, 0.4) is 0 Å². The normalized spacial score (nSPS) is 10.4. The zero-order valence-electron chi connectivity index (χ0n) is 9.03. The van der Waals surface area contributed by atoms with E-state index in [4.69, 9.17) is 11.6 Å². The Bertz CT molecular complexity index is 468. The molecule has 0 unspecified atom stereocenters. The molecule has 0 saturated carbocycles. The Kier molecular flexibility index (Phi) is 3.80. The maximum atomic E-state index is 5.78. The van der Waals surface area contributed by atoms with Gasteiger partial charge < -0.3 is 5.32 Å². The molecule has 0 aliphatic carbocycles. The minimum Gasteiger partial charge on any atom is -0.380 e. The van der Waals surface area contributed by atoms with Crippen LogP contribution in [-0.4, -0.2) is 4.98 Å². The fourth-order valence-electron chi connectivity index (χ4n) is 1.55. The Morgan fingerprint density at radius 1 is 1.38 bits per heavy atom. The van der Waals surface area contributed by atoms with Crippen molar-refractivity contribution in [2.75, 3.05) is 5.32 Å². The van der Waals surface area contributed by atoms with Gasteiger partial charge in [-0.15, -0.1) is 11.3 Å². The number of benzene rings is 1. The summed E-state index contributed by atoms with van der Waals surface area (Å²) < 4.78 is 0.598. The van der Waals surface area contributed by atoms with Gasteiger partial charge in [0.25, 0.3) is 0 Å². The fraction of sp³-hybridized carbons (Fsp3) is 0.250. The van der Waals surface area contributed by atoms with E-state index in [1.807, 2.05) is 12.3 Å². The summed E-state index contributed by atoms with van der Waals surface area (Å²) >= 11 is 7.29. The second-order valence-corrected chi connectivity index (χ2v) is 5.14. The lowest BCUT2D eigenvalue weighted by molar-refractivity contribution is 1.10. The van der Waals surface area contributed by atoms with Crippen LogP contribution < -0.4 is 5.32 Å². The molecular weight excluding hydrogens is 240 g/mol. The van der Waals surface area contributed by atoms with Crippen molar-refractivity contribution >= 4 is 28.6 Å². The SMILES string of the molecule is CCc1ccccc1NCc1cnc(Cl)s1. The van der Waals surface area contributed by atoms with Crippen molar-refractivity contribution in [2.45, 2.75) is 19.9 Å². The molecule has 16 heavy (non-hydrogen) atoms. The predicted molar refractivity (Wildman–Crippen MR) is 70.3 cm³/mol. The molecule has 1 aromatic heterocycles. The number of nitrogens with one attached hydrogen (secondary N) is 1. The molecule has 2 rings (SSSR count). The van der Waals surface area contributed by atoms with Crippen LogP contribution in [0.5, 0.6) is 0 Å². The second kappa shape index (κ2) is 5.32. The lowest BCUT2D eigenvalue weighted by Crippen LogP contribution is -2.00. The van der Waals surface area contributed by atoms with Crippen LogP contribution in [0.25, 0.3) is 0 Å². The molecule has 1 aromatic carbocycles. The van der Waals surface area contributed by atoms with Crippen LogP contribution in [0.1, 0.15) is 17.4 Å². The molecule has 2 nitrogen and oxygen atoms in total. The summed E-state index contributed by atoms with van der Waals surface area (Å²) in [5.41, 5.74) is 2.52. The molecule has 0 amide bonds. The average molecular weight is 253 g/mol. The minimum atomic E-state index is 0.598. The first-order chi connectivity index (χ1) is 7.79. The maximum absolute atomic E-state index is 5.78. The highest BCUT2D eigenvalue weighted by Crippen LogP contribution is 2.20. The Morgan fingerprint density at radius 2 is 2.19 bits per heavy atom. The van der Waals surface area contributed by atoms with Gasteiger partial charge in [0.1, 0.15) is 0 Å². The number of nitrogens with zero attached hydrogens (tertiary/aromatic N) is 1. The van der Waals surface area contributed by atoms with Crippen molar-refractivity contribution in [1.82, 2.24) is 4.98 Å². The van der Waals surface area contributed by atoms with Gasteiger partial charge in [-0.1, -0.05) is 36.7 Å². The van der Waals surface area contributed by atoms with E-state index in [0.717, 1.165) is 17.8 Å². The van der Waals surface area contributed by atoms with Crippen molar-refractivity contribution in [1.29, 1.82) is 0 Å². The number of halogens is 1. The summed E-state index contributed by atoms with van der Waals surface area (Å²) in [6.07, 6.45) is 2.85. The first-order valence-electron chi connectivity index (χ1n) is 5.21. The van der Waals surface area contributed by atoms with Gasteiger partial charge in [0, 0.05) is 16.8 Å². The summed E-state index contributed by atoms with van der Waals surface area (Å²) in [5, 5.41) is 3.41. The molecule has 84 valence electrons. The Hall–Kier alpha value is -1.06. The van der Waals surface area contributed by atoms with Crippen LogP contribution in [0.15, 0.2) is 30.5 Å². The Morgan fingerprint density at radius 3 is 2.88 bits per heavy atom. The second-order valence-electron chi connectivity index (χ2n) is 3.44. The van der Waals surface area contributed by atoms with Gasteiger partial charge in [-0.3, -0.25) is 0 Å². The number of thiazole rings is 1. The van der Waals surface area contributed by atoms with Gasteiger partial charge in [-0.2, -0.15) is 0 Å². The third-order valence-electron chi connectivity index (χ3n) is 2.38. The molecule has 0 aliphatic heterocycles. The summed E-state index contributed by atoms with van der Waals surface area (Å²) in [5.74, 6) is 0. The first-order valence-corrected chi connectivity index (χ1v) is 6.41. The number of anilines is 1. The molecule has 0 aliphatic rings. The molecule has 0 atom stereocenters. The van der Waals surface area contributed by atoms with Crippen LogP contribution in [0, 0.1) is 0 Å². The number of hydrogen-bond donors (Lipinski definition) is 1. The minimum absolute atomic E-state index is 0.598. The highest BCUT2D eigenvalue weighted by atomic mass is 35.5. The zero-order chi connectivity index (χ0) is 11.4. The average Bonchev–Trinajstić information content (AvgIpc) is 2.73. The quantitative estimate of drug-likeness (QED) is 0.891. The highest BCUT2D eigenvalue weighted by molar-refractivity contribution is 7.15. The third-order valence-corrected chi connectivity index (χ3v) is 3.49. The van der Waals surface area contributed by atoms with E-state index < -0.39 is 0 Å². The molecule has 1 heterocycles. The van der Waals surface area contributed by atoms with Gasteiger partial charge in [0.15, 0.2) is 4.47 Å². The van der Waals surface area contributed by atoms with Crippen molar-refractivity contribution in [3.63, 3.8) is 0 Å². The van der Waals surface area contributed by atoms with Crippen molar-refractivity contribution in [3.8, 4) is 0 Å². The number of rotatable bonds is 4. The van der Waals surface area contributed by atoms with Crippen molar-refractivity contribution in [3.05, 3.63) is 45.4 Å². The fourth-order valence-corrected chi connectivity index (χ4v) is 2.47. The van der Waals surface area contributed by atoms with Crippen molar-refractivity contribution in [2.24, 2.45) is 0 Å². The Balaban J connectivity index is 2.04. The van der Waals surface area contributed by atoms with E-state index in [1.165, 1.54) is 22.6 Å². The monoisotopic (exact) mass is 252 g/mol. The number of aryl methyl sites for hydroxylation is 1. The number of aromatic nitrogens is 1.